The number of carboxylic acid groups (broad SMARTS) is 1. The highest BCUT2D eigenvalue weighted by Gasteiger charge is 2.32. The van der Waals surface area contributed by atoms with E-state index in [0.29, 0.717) is 17.6 Å². The second kappa shape index (κ2) is 4.99. The first-order chi connectivity index (χ1) is 10.2. The average Bonchev–Trinajstić information content (AvgIpc) is 3.10. The van der Waals surface area contributed by atoms with Gasteiger partial charge in [-0.15, -0.1) is 11.3 Å². The Morgan fingerprint density at radius 1 is 1.33 bits per heavy atom. The fourth-order valence-corrected chi connectivity index (χ4v) is 4.30. The van der Waals surface area contributed by atoms with Crippen molar-refractivity contribution in [1.29, 1.82) is 0 Å². The normalized spacial score (nSPS) is 23.4. The maximum absolute atomic E-state index is 11.7. The van der Waals surface area contributed by atoms with Crippen LogP contribution in [0.25, 0.3) is 4.96 Å². The van der Waals surface area contributed by atoms with Crippen LogP contribution in [0, 0.1) is 0 Å². The number of thiazole rings is 1. The van der Waals surface area contributed by atoms with Crippen molar-refractivity contribution < 1.29 is 9.90 Å². The molecule has 6 nitrogen and oxygen atoms in total. The molecule has 0 spiro atoms. The smallest absolute Gasteiger partial charge is 0.356 e. The number of anilines is 1. The molecule has 2 fully saturated rings. The number of carbonyl (C=O) groups is 1. The highest BCUT2D eigenvalue weighted by molar-refractivity contribution is 7.15. The molecule has 2 saturated heterocycles. The first-order valence-corrected chi connectivity index (χ1v) is 8.30. The summed E-state index contributed by atoms with van der Waals surface area (Å²) in [6, 6.07) is 0.550. The lowest BCUT2D eigenvalue weighted by Gasteiger charge is -2.26. The van der Waals surface area contributed by atoms with Crippen LogP contribution in [0.1, 0.15) is 29.8 Å². The number of nitrogens with zero attached hydrogens (tertiary/aromatic N) is 4. The molecular formula is C14H18N4O2S. The van der Waals surface area contributed by atoms with Crippen molar-refractivity contribution >= 4 is 28.1 Å². The van der Waals surface area contributed by atoms with E-state index in [1.807, 2.05) is 5.38 Å². The Labute approximate surface area is 126 Å². The van der Waals surface area contributed by atoms with E-state index in [2.05, 4.69) is 14.8 Å². The fourth-order valence-electron chi connectivity index (χ4n) is 3.59. The lowest BCUT2D eigenvalue weighted by atomic mass is 10.2. The lowest BCUT2D eigenvalue weighted by Crippen LogP contribution is -2.37. The summed E-state index contributed by atoms with van der Waals surface area (Å²) in [6.07, 6.45) is 5.32. The van der Waals surface area contributed by atoms with E-state index in [1.54, 1.807) is 10.6 Å². The summed E-state index contributed by atoms with van der Waals surface area (Å²) in [6.45, 7) is 4.08. The Kier molecular flexibility index (Phi) is 3.11. The van der Waals surface area contributed by atoms with Gasteiger partial charge in [0.1, 0.15) is 0 Å². The highest BCUT2D eigenvalue weighted by Crippen LogP contribution is 2.29. The number of hydrogen-bond acceptors (Lipinski definition) is 5. The quantitative estimate of drug-likeness (QED) is 0.916. The van der Waals surface area contributed by atoms with Gasteiger partial charge >= 0.3 is 5.97 Å². The van der Waals surface area contributed by atoms with E-state index < -0.39 is 5.97 Å². The molecule has 4 rings (SSSR count). The molecule has 2 aliphatic rings. The van der Waals surface area contributed by atoms with Crippen LogP contribution in [0.3, 0.4) is 0 Å². The number of aromatic carboxylic acids is 1. The molecule has 0 aliphatic carbocycles. The summed E-state index contributed by atoms with van der Waals surface area (Å²) in [4.78, 5) is 21.7. The van der Waals surface area contributed by atoms with Crippen molar-refractivity contribution in [2.45, 2.75) is 25.3 Å². The van der Waals surface area contributed by atoms with Gasteiger partial charge in [0.25, 0.3) is 0 Å². The number of hydrogen-bond donors (Lipinski definition) is 1. The van der Waals surface area contributed by atoms with Crippen LogP contribution in [0.5, 0.6) is 0 Å². The third-order valence-corrected chi connectivity index (χ3v) is 5.31. The zero-order chi connectivity index (χ0) is 14.4. The third-order valence-electron chi connectivity index (χ3n) is 4.55. The van der Waals surface area contributed by atoms with Gasteiger partial charge in [-0.3, -0.25) is 9.30 Å². The topological polar surface area (TPSA) is 61.1 Å². The van der Waals surface area contributed by atoms with E-state index in [0.717, 1.165) is 31.0 Å². The number of rotatable bonds is 2. The predicted octanol–water partition coefficient (Wildman–Crippen LogP) is 1.77. The summed E-state index contributed by atoms with van der Waals surface area (Å²) in [5, 5.41) is 11.4. The zero-order valence-electron chi connectivity index (χ0n) is 11.7. The van der Waals surface area contributed by atoms with Crippen molar-refractivity contribution in [3.63, 3.8) is 0 Å². The van der Waals surface area contributed by atoms with E-state index in [4.69, 9.17) is 0 Å². The first kappa shape index (κ1) is 13.1. The van der Waals surface area contributed by atoms with Gasteiger partial charge in [0.05, 0.1) is 0 Å². The predicted molar refractivity (Wildman–Crippen MR) is 81.5 cm³/mol. The molecule has 21 heavy (non-hydrogen) atoms. The Morgan fingerprint density at radius 3 is 3.05 bits per heavy atom. The van der Waals surface area contributed by atoms with E-state index in [1.165, 1.54) is 30.7 Å². The summed E-state index contributed by atoms with van der Waals surface area (Å²) in [7, 11) is 0. The van der Waals surface area contributed by atoms with Crippen LogP contribution in [-0.4, -0.2) is 57.6 Å². The van der Waals surface area contributed by atoms with Gasteiger partial charge in [0.15, 0.2) is 16.5 Å². The molecule has 2 aliphatic heterocycles. The summed E-state index contributed by atoms with van der Waals surface area (Å²) in [5.74, 6) is -0.258. The first-order valence-electron chi connectivity index (χ1n) is 7.42. The van der Waals surface area contributed by atoms with Crippen LogP contribution in [-0.2, 0) is 0 Å². The molecule has 1 unspecified atom stereocenters. The van der Waals surface area contributed by atoms with Crippen molar-refractivity contribution in [3.8, 4) is 0 Å². The fraction of sp³-hybridized carbons (Fsp3) is 0.571. The molecule has 4 heterocycles. The minimum atomic E-state index is -0.900. The Hall–Kier alpha value is -1.60. The molecule has 0 amide bonds. The molecule has 0 radical (unpaired) electrons. The third kappa shape index (κ3) is 2.11. The van der Waals surface area contributed by atoms with Gasteiger partial charge in [0.2, 0.25) is 0 Å². The average molecular weight is 306 g/mol. The molecule has 7 heteroatoms. The van der Waals surface area contributed by atoms with Gasteiger partial charge < -0.3 is 10.0 Å². The van der Waals surface area contributed by atoms with Crippen LogP contribution in [0.15, 0.2) is 11.6 Å². The Morgan fingerprint density at radius 2 is 2.19 bits per heavy atom. The van der Waals surface area contributed by atoms with Gasteiger partial charge in [0, 0.05) is 37.3 Å². The number of carboxylic acids is 1. The maximum atomic E-state index is 11.7. The molecule has 2 aromatic rings. The maximum Gasteiger partial charge on any atom is 0.356 e. The second-order valence-corrected chi connectivity index (χ2v) is 6.65. The number of fused-ring (bicyclic) bond motifs is 2. The van der Waals surface area contributed by atoms with Crippen molar-refractivity contribution in [3.05, 3.63) is 17.3 Å². The van der Waals surface area contributed by atoms with Crippen LogP contribution >= 0.6 is 11.3 Å². The largest absolute Gasteiger partial charge is 0.476 e. The van der Waals surface area contributed by atoms with E-state index in [9.17, 15) is 9.90 Å². The standard InChI is InChI=1S/C14H18N4O2S/c19-13(20)11-12(15-14-18(11)7-8-21-14)17-6-2-5-16-4-1-3-10(16)9-17/h7-8,10H,1-6,9H2,(H,19,20). The molecule has 1 N–H and O–H groups in total. The Bertz CT molecular complexity index is 680. The molecule has 0 saturated carbocycles. The van der Waals surface area contributed by atoms with Crippen molar-refractivity contribution in [2.24, 2.45) is 0 Å². The molecule has 1 atom stereocenters. The monoisotopic (exact) mass is 306 g/mol. The SMILES string of the molecule is O=C(O)c1c(N2CCCN3CCCC3C2)nc2sccn12. The summed E-state index contributed by atoms with van der Waals surface area (Å²) in [5.41, 5.74) is 0.303. The summed E-state index contributed by atoms with van der Waals surface area (Å²) >= 11 is 1.48. The highest BCUT2D eigenvalue weighted by atomic mass is 32.1. The molecule has 112 valence electrons. The number of imidazole rings is 1. The number of aromatic nitrogens is 2. The van der Waals surface area contributed by atoms with E-state index in [-0.39, 0.29) is 0 Å². The molecule has 0 bridgehead atoms. The molecule has 2 aromatic heterocycles. The minimum Gasteiger partial charge on any atom is -0.476 e. The van der Waals surface area contributed by atoms with Gasteiger partial charge in [-0.25, -0.2) is 9.78 Å². The molecule has 0 aromatic carbocycles. The van der Waals surface area contributed by atoms with Crippen molar-refractivity contribution in [2.75, 3.05) is 31.1 Å². The van der Waals surface area contributed by atoms with Crippen LogP contribution in [0.2, 0.25) is 0 Å². The van der Waals surface area contributed by atoms with Gasteiger partial charge in [-0.1, -0.05) is 0 Å². The summed E-state index contributed by atoms with van der Waals surface area (Å²) < 4.78 is 1.69. The minimum absolute atomic E-state index is 0.303. The molecular weight excluding hydrogens is 288 g/mol. The van der Waals surface area contributed by atoms with Gasteiger partial charge in [-0.2, -0.15) is 0 Å². The zero-order valence-corrected chi connectivity index (χ0v) is 12.6. The second-order valence-electron chi connectivity index (χ2n) is 5.78. The Balaban J connectivity index is 1.73. The van der Waals surface area contributed by atoms with Gasteiger partial charge in [-0.05, 0) is 25.8 Å². The van der Waals surface area contributed by atoms with Crippen molar-refractivity contribution in [1.82, 2.24) is 14.3 Å². The van der Waals surface area contributed by atoms with Crippen LogP contribution < -0.4 is 4.90 Å². The van der Waals surface area contributed by atoms with Crippen LogP contribution in [0.4, 0.5) is 5.82 Å². The lowest BCUT2D eigenvalue weighted by molar-refractivity contribution is 0.0690. The van der Waals surface area contributed by atoms with E-state index >= 15 is 0 Å².